The standard InChI is InChI=1S/C29H33N5O12/c1-15-8-6-7-9-21(15)28-30-23(46-32-28)10-11-24(39)41-13-20-12-34(33-31-20)29-27(44-19(5)38)26(43-18(4)37)25(42-17(3)36)22(45-29)14-40-16(2)35/h6-9,12,22,25-27,29H,10-11,13-14H2,1-5H3/t22-,25-,26+,27-,29-/m1/s1. The molecule has 2 aromatic heterocycles. The van der Waals surface area contributed by atoms with Crippen LogP contribution in [0.5, 0.6) is 0 Å². The van der Waals surface area contributed by atoms with Crippen LogP contribution in [0.25, 0.3) is 11.4 Å². The summed E-state index contributed by atoms with van der Waals surface area (Å²) in [5.41, 5.74) is 1.99. The molecule has 0 bridgehead atoms. The highest BCUT2D eigenvalue weighted by Gasteiger charge is 2.53. The zero-order valence-corrected chi connectivity index (χ0v) is 25.7. The van der Waals surface area contributed by atoms with Crippen LogP contribution in [0.2, 0.25) is 0 Å². The molecule has 0 spiro atoms. The van der Waals surface area contributed by atoms with Gasteiger partial charge >= 0.3 is 29.8 Å². The van der Waals surface area contributed by atoms with Gasteiger partial charge in [0.2, 0.25) is 11.7 Å². The van der Waals surface area contributed by atoms with Gasteiger partial charge in [-0.2, -0.15) is 4.98 Å². The summed E-state index contributed by atoms with van der Waals surface area (Å²) in [7, 11) is 0. The van der Waals surface area contributed by atoms with Crippen molar-refractivity contribution >= 4 is 29.8 Å². The first-order valence-electron chi connectivity index (χ1n) is 14.2. The second-order valence-corrected chi connectivity index (χ2v) is 10.3. The molecule has 1 saturated heterocycles. The Labute approximate surface area is 262 Å². The van der Waals surface area contributed by atoms with Gasteiger partial charge in [0.1, 0.15) is 25.0 Å². The van der Waals surface area contributed by atoms with Crippen LogP contribution in [-0.2, 0) is 65.4 Å². The molecule has 0 amide bonds. The number of aryl methyl sites for hydroxylation is 2. The van der Waals surface area contributed by atoms with Gasteiger partial charge in [-0.05, 0) is 12.5 Å². The SMILES string of the molecule is CC(=O)OC[C@H]1O[C@@H](n2cc(COC(=O)CCc3nc(-c4ccccc4C)no3)nn2)[C@H](OC(C)=O)[C@@H](OC(C)=O)[C@@H]1OC(C)=O. The van der Waals surface area contributed by atoms with Crippen LogP contribution < -0.4 is 0 Å². The molecule has 17 nitrogen and oxygen atoms in total. The van der Waals surface area contributed by atoms with Gasteiger partial charge in [-0.1, -0.05) is 34.6 Å². The lowest BCUT2D eigenvalue weighted by molar-refractivity contribution is -0.270. The van der Waals surface area contributed by atoms with Crippen LogP contribution in [-0.4, -0.2) is 86.0 Å². The molecule has 1 aliphatic rings. The van der Waals surface area contributed by atoms with Gasteiger partial charge < -0.3 is 32.9 Å². The summed E-state index contributed by atoms with van der Waals surface area (Å²) in [6.45, 7) is 5.78. The number of benzene rings is 1. The summed E-state index contributed by atoms with van der Waals surface area (Å²) in [6, 6.07) is 7.56. The van der Waals surface area contributed by atoms with Crippen LogP contribution >= 0.6 is 0 Å². The molecule has 4 rings (SSSR count). The Bertz CT molecular complexity index is 1570. The Kier molecular flexibility index (Phi) is 11.1. The first kappa shape index (κ1) is 33.7. The Balaban J connectivity index is 1.45. The molecule has 0 N–H and O–H groups in total. The highest BCUT2D eigenvalue weighted by atomic mass is 16.7. The molecular formula is C29H33N5O12. The average molecular weight is 644 g/mol. The van der Waals surface area contributed by atoms with E-state index in [1.54, 1.807) is 0 Å². The van der Waals surface area contributed by atoms with Crippen molar-refractivity contribution in [2.45, 2.75) is 84.7 Å². The maximum Gasteiger partial charge on any atom is 0.306 e. The van der Waals surface area contributed by atoms with Crippen molar-refractivity contribution in [1.29, 1.82) is 0 Å². The number of esters is 5. The van der Waals surface area contributed by atoms with Crippen LogP contribution in [0.15, 0.2) is 35.0 Å². The van der Waals surface area contributed by atoms with Gasteiger partial charge in [-0.3, -0.25) is 24.0 Å². The molecule has 246 valence electrons. The summed E-state index contributed by atoms with van der Waals surface area (Å²) < 4.78 is 39.1. The maximum atomic E-state index is 12.5. The molecule has 5 atom stereocenters. The van der Waals surface area contributed by atoms with E-state index < -0.39 is 67.1 Å². The third-order valence-corrected chi connectivity index (χ3v) is 6.56. The third-order valence-electron chi connectivity index (χ3n) is 6.56. The smallest absolute Gasteiger partial charge is 0.306 e. The highest BCUT2D eigenvalue weighted by molar-refractivity contribution is 5.70. The second kappa shape index (κ2) is 15.2. The molecular weight excluding hydrogens is 610 g/mol. The van der Waals surface area contributed by atoms with Crippen LogP contribution in [0.1, 0.15) is 57.5 Å². The monoisotopic (exact) mass is 643 g/mol. The fourth-order valence-electron chi connectivity index (χ4n) is 4.65. The summed E-state index contributed by atoms with van der Waals surface area (Å²) in [5.74, 6) is -2.83. The van der Waals surface area contributed by atoms with E-state index in [1.807, 2.05) is 31.2 Å². The summed E-state index contributed by atoms with van der Waals surface area (Å²) in [5, 5.41) is 12.0. The van der Waals surface area contributed by atoms with E-state index in [9.17, 15) is 24.0 Å². The van der Waals surface area contributed by atoms with Crippen molar-refractivity contribution < 1.29 is 56.9 Å². The number of ether oxygens (including phenoxy) is 6. The van der Waals surface area contributed by atoms with Crippen molar-refractivity contribution in [1.82, 2.24) is 25.1 Å². The number of hydrogen-bond donors (Lipinski definition) is 0. The largest absolute Gasteiger partial charge is 0.463 e. The van der Waals surface area contributed by atoms with E-state index in [0.29, 0.717) is 5.82 Å². The number of carbonyl (C=O) groups excluding carboxylic acids is 5. The second-order valence-electron chi connectivity index (χ2n) is 10.3. The molecule has 0 unspecified atom stereocenters. The normalized spacial score (nSPS) is 20.8. The molecule has 3 heterocycles. The van der Waals surface area contributed by atoms with E-state index in [0.717, 1.165) is 36.6 Å². The number of carbonyl (C=O) groups is 5. The van der Waals surface area contributed by atoms with Gasteiger partial charge in [0, 0.05) is 39.7 Å². The third kappa shape index (κ3) is 8.93. The van der Waals surface area contributed by atoms with Crippen molar-refractivity contribution in [2.24, 2.45) is 0 Å². The lowest BCUT2D eigenvalue weighted by atomic mass is 9.97. The average Bonchev–Trinajstić information content (AvgIpc) is 3.66. The molecule has 3 aromatic rings. The Morgan fingerprint density at radius 2 is 1.54 bits per heavy atom. The summed E-state index contributed by atoms with van der Waals surface area (Å²) >= 11 is 0. The minimum atomic E-state index is -1.38. The highest BCUT2D eigenvalue weighted by Crippen LogP contribution is 2.34. The van der Waals surface area contributed by atoms with Crippen LogP contribution in [0.4, 0.5) is 0 Å². The lowest BCUT2D eigenvalue weighted by Crippen LogP contribution is -2.60. The van der Waals surface area contributed by atoms with E-state index >= 15 is 0 Å². The molecule has 46 heavy (non-hydrogen) atoms. The van der Waals surface area contributed by atoms with E-state index in [2.05, 4.69) is 20.5 Å². The number of nitrogens with zero attached hydrogens (tertiary/aromatic N) is 5. The van der Waals surface area contributed by atoms with Gasteiger partial charge in [-0.25, -0.2) is 4.68 Å². The number of hydrogen-bond acceptors (Lipinski definition) is 16. The fourth-order valence-corrected chi connectivity index (χ4v) is 4.65. The Hall–Kier alpha value is -5.19. The maximum absolute atomic E-state index is 12.5. The van der Waals surface area contributed by atoms with Gasteiger partial charge in [0.15, 0.2) is 24.5 Å². The van der Waals surface area contributed by atoms with Gasteiger partial charge in [-0.15, -0.1) is 5.10 Å². The molecule has 0 saturated carbocycles. The quantitative estimate of drug-likeness (QED) is 0.202. The Morgan fingerprint density at radius 3 is 2.22 bits per heavy atom. The van der Waals surface area contributed by atoms with Crippen molar-refractivity contribution in [3.05, 3.63) is 47.6 Å². The number of aromatic nitrogens is 5. The zero-order chi connectivity index (χ0) is 33.4. The van der Waals surface area contributed by atoms with Crippen LogP contribution in [0, 0.1) is 6.92 Å². The summed E-state index contributed by atoms with van der Waals surface area (Å²) in [4.78, 5) is 64.4. The topological polar surface area (TPSA) is 210 Å². The lowest BCUT2D eigenvalue weighted by Gasteiger charge is -2.44. The molecule has 0 aliphatic carbocycles. The van der Waals surface area contributed by atoms with Gasteiger partial charge in [0.05, 0.1) is 12.6 Å². The molecule has 1 aromatic carbocycles. The molecule has 1 aliphatic heterocycles. The predicted octanol–water partition coefficient (Wildman–Crippen LogP) is 1.57. The van der Waals surface area contributed by atoms with Crippen molar-refractivity contribution in [3.63, 3.8) is 0 Å². The first-order chi connectivity index (χ1) is 21.9. The van der Waals surface area contributed by atoms with E-state index in [-0.39, 0.29) is 31.0 Å². The summed E-state index contributed by atoms with van der Waals surface area (Å²) in [6.07, 6.45) is -5.09. The zero-order valence-electron chi connectivity index (χ0n) is 25.7. The minimum Gasteiger partial charge on any atom is -0.463 e. The van der Waals surface area contributed by atoms with E-state index in [1.165, 1.54) is 13.1 Å². The fraction of sp³-hybridized carbons (Fsp3) is 0.483. The molecule has 17 heteroatoms. The van der Waals surface area contributed by atoms with Gasteiger partial charge in [0.25, 0.3) is 0 Å². The minimum absolute atomic E-state index is 0.0523. The Morgan fingerprint density at radius 1 is 0.870 bits per heavy atom. The molecule has 0 radical (unpaired) electrons. The molecule has 1 fully saturated rings. The van der Waals surface area contributed by atoms with E-state index in [4.69, 9.17) is 32.9 Å². The first-order valence-corrected chi connectivity index (χ1v) is 14.2. The predicted molar refractivity (Wildman–Crippen MR) is 150 cm³/mol. The van der Waals surface area contributed by atoms with Crippen molar-refractivity contribution in [2.75, 3.05) is 6.61 Å². The number of rotatable bonds is 12. The van der Waals surface area contributed by atoms with Crippen LogP contribution in [0.3, 0.4) is 0 Å². The van der Waals surface area contributed by atoms with Crippen molar-refractivity contribution in [3.8, 4) is 11.4 Å².